The van der Waals surface area contributed by atoms with Crippen molar-refractivity contribution in [1.29, 1.82) is 16.2 Å². The van der Waals surface area contributed by atoms with Crippen LogP contribution in [0.1, 0.15) is 12.8 Å². The summed E-state index contributed by atoms with van der Waals surface area (Å²) in [6, 6.07) is -2.98. The molecule has 0 radical (unpaired) electrons. The van der Waals surface area contributed by atoms with E-state index in [1.807, 2.05) is 0 Å². The molecule has 3 amide bonds. The maximum Gasteiger partial charge on any atom is 0.336 e. The number of nitrogens with one attached hydrogen (secondary N) is 3. The van der Waals surface area contributed by atoms with Gasteiger partial charge in [-0.3, -0.25) is 40.2 Å². The van der Waals surface area contributed by atoms with Crippen molar-refractivity contribution in [3.8, 4) is 0 Å². The van der Waals surface area contributed by atoms with Crippen LogP contribution in [0.3, 0.4) is 0 Å². The minimum atomic E-state index is -2.74. The van der Waals surface area contributed by atoms with Gasteiger partial charge in [-0.1, -0.05) is 0 Å². The minimum absolute atomic E-state index is 0.200. The Morgan fingerprint density at radius 2 is 0.700 bits per heavy atom. The van der Waals surface area contributed by atoms with Gasteiger partial charge >= 0.3 is 17.9 Å². The molecule has 3 unspecified atom stereocenters. The summed E-state index contributed by atoms with van der Waals surface area (Å²) in [6.07, 6.45) is -14.7. The van der Waals surface area contributed by atoms with Crippen LogP contribution in [0.25, 0.3) is 0 Å². The average molecular weight is 1020 g/mol. The number of rotatable bonds is 14. The Morgan fingerprint density at radius 1 is 0.486 bits per heavy atom. The van der Waals surface area contributed by atoms with Gasteiger partial charge in [0.1, 0.15) is 54.9 Å². The summed E-state index contributed by atoms with van der Waals surface area (Å²) in [4.78, 5) is 73.3. The summed E-state index contributed by atoms with van der Waals surface area (Å²) in [5.74, 6) is -7.45. The molecule has 0 aromatic carbocycles. The van der Waals surface area contributed by atoms with E-state index in [4.69, 9.17) is 53.9 Å². The Kier molecular flexibility index (Phi) is 26.3. The molecule has 0 bridgehead atoms. The number of nitrogens with two attached hydrogens (primary N) is 3. The molecular formula is C36H68N12O22. The van der Waals surface area contributed by atoms with Gasteiger partial charge in [0.2, 0.25) is 17.7 Å². The first-order valence-electron chi connectivity index (χ1n) is 20.5. The Labute approximate surface area is 398 Å². The van der Waals surface area contributed by atoms with Crippen LogP contribution in [0, 0.1) is 16.2 Å². The van der Waals surface area contributed by atoms with E-state index in [1.54, 1.807) is 0 Å². The van der Waals surface area contributed by atoms with Crippen LogP contribution in [-0.2, 0) is 28.8 Å². The van der Waals surface area contributed by atoms with Crippen LogP contribution in [-0.4, -0.2) is 324 Å². The number of carbonyl (C=O) groups is 6. The third-order valence-electron chi connectivity index (χ3n) is 10.9. The fraction of sp³-hybridized carbons (Fsp3) is 0.750. The number of amides is 3. The summed E-state index contributed by atoms with van der Waals surface area (Å²) in [5, 5.41) is 169. The topological polar surface area (TPSA) is 595 Å². The Balaban J connectivity index is 0.000000916. The highest BCUT2D eigenvalue weighted by molar-refractivity contribution is 5.88. The van der Waals surface area contributed by atoms with Crippen molar-refractivity contribution in [2.45, 2.75) is 91.5 Å². The highest BCUT2D eigenvalue weighted by atomic mass is 16.4. The second kappa shape index (κ2) is 28.7. The van der Waals surface area contributed by atoms with Crippen molar-refractivity contribution in [3.63, 3.8) is 0 Å². The number of aliphatic hydroxyl groups is 13. The number of nitrogens with zero attached hydrogens (tertiary/aromatic N) is 6. The first kappa shape index (κ1) is 64.1. The molecule has 3 fully saturated rings. The Morgan fingerprint density at radius 3 is 0.857 bits per heavy atom. The molecular weight excluding hydrogens is 952 g/mol. The summed E-state index contributed by atoms with van der Waals surface area (Å²) < 4.78 is 0. The molecule has 0 spiro atoms. The van der Waals surface area contributed by atoms with Crippen molar-refractivity contribution in [2.75, 3.05) is 80.2 Å². The van der Waals surface area contributed by atoms with Crippen LogP contribution in [0.2, 0.25) is 0 Å². The quantitative estimate of drug-likeness (QED) is 0.0567. The lowest BCUT2D eigenvalue weighted by Gasteiger charge is -2.43. The zero-order valence-corrected chi connectivity index (χ0v) is 38.2. The van der Waals surface area contributed by atoms with E-state index < -0.39 is 147 Å². The predicted octanol–water partition coefficient (Wildman–Crippen LogP) is -13.0. The van der Waals surface area contributed by atoms with Gasteiger partial charge in [-0.05, 0) is 0 Å². The van der Waals surface area contributed by atoms with E-state index >= 15 is 0 Å². The zero-order chi connectivity index (χ0) is 54.9. The molecule has 404 valence electrons. The van der Waals surface area contributed by atoms with E-state index in [9.17, 15) is 90.0 Å². The number of β-amino-alcohol motifs (C(OH)–C–C–N with tert-alkyl or cyclic N) is 3. The van der Waals surface area contributed by atoms with Crippen molar-refractivity contribution in [2.24, 2.45) is 17.2 Å². The molecule has 0 aliphatic carbocycles. The van der Waals surface area contributed by atoms with E-state index in [-0.39, 0.29) is 57.1 Å². The molecule has 25 N–H and O–H groups in total. The Bertz CT molecular complexity index is 1630. The van der Waals surface area contributed by atoms with Crippen molar-refractivity contribution < 1.29 is 110 Å². The number of likely N-dealkylation sites (N-methyl/N-ethyl adjacent to an activating group) is 3. The maximum atomic E-state index is 12.0. The molecule has 3 saturated heterocycles. The molecule has 3 aliphatic heterocycles. The number of carboxylic acids is 3. The lowest BCUT2D eigenvalue weighted by atomic mass is 9.94. The summed E-state index contributed by atoms with van der Waals surface area (Å²) in [7, 11) is 4.33. The maximum absolute atomic E-state index is 12.0. The van der Waals surface area contributed by atoms with Gasteiger partial charge in [0, 0.05) is 40.8 Å². The van der Waals surface area contributed by atoms with Gasteiger partial charge in [0.25, 0.3) is 0 Å². The number of likely N-dealkylation sites (tertiary alicyclic amines) is 3. The van der Waals surface area contributed by atoms with Crippen LogP contribution in [0.5, 0.6) is 0 Å². The average Bonchev–Trinajstić information content (AvgIpc) is 3.25. The number of guanidine groups is 3. The minimum Gasteiger partial charge on any atom is -0.481 e. The second-order valence-corrected chi connectivity index (χ2v) is 16.2. The van der Waals surface area contributed by atoms with E-state index in [1.165, 1.54) is 35.8 Å². The molecule has 34 heteroatoms. The number of carbonyl (C=O) groups excluding carboxylic acids is 3. The van der Waals surface area contributed by atoms with Crippen LogP contribution in [0.15, 0.2) is 0 Å². The lowest BCUT2D eigenvalue weighted by molar-refractivity contribution is -0.170. The highest BCUT2D eigenvalue weighted by Gasteiger charge is 2.46. The number of carboxylic acid groups (broad SMARTS) is 3. The highest BCUT2D eigenvalue weighted by Crippen LogP contribution is 2.22. The third-order valence-corrected chi connectivity index (χ3v) is 10.9. The van der Waals surface area contributed by atoms with Gasteiger partial charge in [-0.15, -0.1) is 0 Å². The molecule has 3 aliphatic rings. The monoisotopic (exact) mass is 1020 g/mol. The predicted molar refractivity (Wildman–Crippen MR) is 233 cm³/mol. The van der Waals surface area contributed by atoms with Crippen molar-refractivity contribution in [3.05, 3.63) is 0 Å². The van der Waals surface area contributed by atoms with Crippen LogP contribution >= 0.6 is 0 Å². The summed E-state index contributed by atoms with van der Waals surface area (Å²) >= 11 is 0. The van der Waals surface area contributed by atoms with Gasteiger partial charge in [0.05, 0.1) is 70.4 Å². The fourth-order valence-corrected chi connectivity index (χ4v) is 6.58. The standard InChI is InChI=1S/3C10H20N4O5.C6H8O7/c3*1-13(10(11)12)3-7(17)14-2-6(16)9(19)8(18)5(14)4-15;7-3(8)1-6(13,5(11)12)2-4(9)10/h3*5-6,8-9,15-16,18-19H,2-4H2,1H3,(H3,11,12);13H,1-2H2,(H,7,8)(H,9,10)(H,11,12)/t3*5?,6-,8-,9+;/m000./s1. The van der Waals surface area contributed by atoms with E-state index in [0.29, 0.717) is 0 Å². The number of hydrogen-bond acceptors (Lipinski definition) is 22. The number of piperidine rings is 3. The molecule has 3 heterocycles. The largest absolute Gasteiger partial charge is 0.481 e. The van der Waals surface area contributed by atoms with E-state index in [2.05, 4.69) is 0 Å². The first-order chi connectivity index (χ1) is 32.1. The van der Waals surface area contributed by atoms with E-state index in [0.717, 1.165) is 14.7 Å². The van der Waals surface area contributed by atoms with Crippen molar-refractivity contribution in [1.82, 2.24) is 29.4 Å². The Hall–Kier alpha value is -5.89. The summed E-state index contributed by atoms with van der Waals surface area (Å²) in [6.45, 7) is -2.89. The SMILES string of the molecule is CN(CC(=O)N1C[C@H](O)[C@@H](O)[C@@H](O)C1CO)C(=N)N.CN(CC(=O)N1C[C@H](O)[C@@H](O)[C@@H](O)C1CO)C(=N)N.CN(CC(=O)N1C[C@H](O)[C@@H](O)[C@@H](O)C1CO)C(=N)N.O=C(O)CC(O)(CC(=O)O)C(=O)O. The molecule has 0 aromatic heterocycles. The van der Waals surface area contributed by atoms with Gasteiger partial charge < -0.3 is 128 Å². The fourth-order valence-electron chi connectivity index (χ4n) is 6.58. The molecule has 3 rings (SSSR count). The van der Waals surface area contributed by atoms with Crippen molar-refractivity contribution >= 4 is 53.5 Å². The number of aliphatic hydroxyl groups excluding tert-OH is 12. The summed E-state index contributed by atoms with van der Waals surface area (Å²) in [5.41, 5.74) is 12.9. The molecule has 70 heavy (non-hydrogen) atoms. The molecule has 34 nitrogen and oxygen atoms in total. The van der Waals surface area contributed by atoms with Gasteiger partial charge in [0.15, 0.2) is 23.5 Å². The van der Waals surface area contributed by atoms with Crippen LogP contribution < -0.4 is 17.2 Å². The normalized spacial score (nSPS) is 27.3. The van der Waals surface area contributed by atoms with Gasteiger partial charge in [-0.25, -0.2) is 4.79 Å². The van der Waals surface area contributed by atoms with Gasteiger partial charge in [-0.2, -0.15) is 0 Å². The molecule has 0 aromatic rings. The zero-order valence-electron chi connectivity index (χ0n) is 38.2. The van der Waals surface area contributed by atoms with Crippen LogP contribution in [0.4, 0.5) is 0 Å². The molecule has 12 atom stereocenters. The smallest absolute Gasteiger partial charge is 0.336 e. The number of aliphatic carboxylic acids is 3. The second-order valence-electron chi connectivity index (χ2n) is 16.2. The molecule has 0 saturated carbocycles. The third kappa shape index (κ3) is 18.5. The lowest BCUT2D eigenvalue weighted by Crippen LogP contribution is -2.65. The first-order valence-corrected chi connectivity index (χ1v) is 20.5. The number of hydrogen-bond donors (Lipinski definition) is 22.